The van der Waals surface area contributed by atoms with Crippen LogP contribution in [0.1, 0.15) is 20.3 Å². The molecule has 0 rings (SSSR count). The Bertz CT molecular complexity index is 188. The maximum absolute atomic E-state index is 5.78. The van der Waals surface area contributed by atoms with Gasteiger partial charge in [0.15, 0.2) is 5.96 Å². The van der Waals surface area contributed by atoms with Crippen molar-refractivity contribution in [3.8, 4) is 0 Å². The second-order valence-corrected chi connectivity index (χ2v) is 3.10. The molecule has 0 heterocycles. The molecule has 0 unspecified atom stereocenters. The standard InChI is InChI=1S/C11H23N3O/c1-4-7-9-15-10-8-13-11(12)14(5-2)6-3/h4H,1,5-10H2,2-3H3,(H2,12,13). The minimum Gasteiger partial charge on any atom is -0.379 e. The highest BCUT2D eigenvalue weighted by Gasteiger charge is 2.00. The van der Waals surface area contributed by atoms with Crippen molar-refractivity contribution in [1.82, 2.24) is 4.90 Å². The Morgan fingerprint density at radius 2 is 2.07 bits per heavy atom. The number of rotatable bonds is 8. The van der Waals surface area contributed by atoms with Crippen LogP contribution >= 0.6 is 0 Å². The SMILES string of the molecule is C=CCCOCCN=C(N)N(CC)CC. The van der Waals surface area contributed by atoms with Crippen LogP contribution in [0.5, 0.6) is 0 Å². The smallest absolute Gasteiger partial charge is 0.191 e. The van der Waals surface area contributed by atoms with Crippen molar-refractivity contribution in [3.63, 3.8) is 0 Å². The van der Waals surface area contributed by atoms with Crippen molar-refractivity contribution < 1.29 is 4.74 Å². The summed E-state index contributed by atoms with van der Waals surface area (Å²) in [4.78, 5) is 6.25. The summed E-state index contributed by atoms with van der Waals surface area (Å²) in [6.07, 6.45) is 2.72. The average Bonchev–Trinajstić information content (AvgIpc) is 2.25. The van der Waals surface area contributed by atoms with Crippen molar-refractivity contribution in [3.05, 3.63) is 12.7 Å². The van der Waals surface area contributed by atoms with Gasteiger partial charge in [0.1, 0.15) is 0 Å². The highest BCUT2D eigenvalue weighted by molar-refractivity contribution is 5.77. The highest BCUT2D eigenvalue weighted by Crippen LogP contribution is 1.88. The lowest BCUT2D eigenvalue weighted by Gasteiger charge is -2.19. The van der Waals surface area contributed by atoms with E-state index in [1.54, 1.807) is 0 Å². The largest absolute Gasteiger partial charge is 0.379 e. The molecule has 0 amide bonds. The average molecular weight is 213 g/mol. The Kier molecular flexibility index (Phi) is 8.87. The van der Waals surface area contributed by atoms with Gasteiger partial charge in [-0.1, -0.05) is 6.08 Å². The Hall–Kier alpha value is -1.03. The number of nitrogens with zero attached hydrogens (tertiary/aromatic N) is 2. The van der Waals surface area contributed by atoms with Gasteiger partial charge in [0.05, 0.1) is 19.8 Å². The summed E-state index contributed by atoms with van der Waals surface area (Å²) in [6, 6.07) is 0. The van der Waals surface area contributed by atoms with Gasteiger partial charge in [-0.15, -0.1) is 6.58 Å². The number of hydrogen-bond acceptors (Lipinski definition) is 2. The lowest BCUT2D eigenvalue weighted by molar-refractivity contribution is 0.146. The van der Waals surface area contributed by atoms with Crippen LogP contribution in [-0.2, 0) is 4.74 Å². The molecular formula is C11H23N3O. The van der Waals surface area contributed by atoms with Crippen LogP contribution in [0.3, 0.4) is 0 Å². The van der Waals surface area contributed by atoms with Crippen LogP contribution in [0.15, 0.2) is 17.6 Å². The molecular weight excluding hydrogens is 190 g/mol. The number of ether oxygens (including phenoxy) is 1. The molecule has 2 N–H and O–H groups in total. The van der Waals surface area contributed by atoms with Gasteiger partial charge >= 0.3 is 0 Å². The molecule has 4 nitrogen and oxygen atoms in total. The molecule has 0 aromatic heterocycles. The third-order valence-corrected chi connectivity index (χ3v) is 2.06. The molecule has 0 aliphatic carbocycles. The van der Waals surface area contributed by atoms with E-state index in [-0.39, 0.29) is 0 Å². The van der Waals surface area contributed by atoms with E-state index in [1.165, 1.54) is 0 Å². The zero-order valence-corrected chi connectivity index (χ0v) is 9.91. The predicted molar refractivity (Wildman–Crippen MR) is 65.0 cm³/mol. The van der Waals surface area contributed by atoms with E-state index in [1.807, 2.05) is 11.0 Å². The number of guanidine groups is 1. The van der Waals surface area contributed by atoms with Crippen LogP contribution in [0.2, 0.25) is 0 Å². The summed E-state index contributed by atoms with van der Waals surface area (Å²) in [5, 5.41) is 0. The van der Waals surface area contributed by atoms with Gasteiger partial charge in [-0.3, -0.25) is 4.99 Å². The quantitative estimate of drug-likeness (QED) is 0.285. The van der Waals surface area contributed by atoms with E-state index in [0.29, 0.717) is 25.7 Å². The fourth-order valence-electron chi connectivity index (χ4n) is 1.14. The third kappa shape index (κ3) is 6.96. The summed E-state index contributed by atoms with van der Waals surface area (Å²) in [5.41, 5.74) is 5.78. The van der Waals surface area contributed by atoms with Gasteiger partial charge < -0.3 is 15.4 Å². The molecule has 15 heavy (non-hydrogen) atoms. The summed E-state index contributed by atoms with van der Waals surface area (Å²) in [6.45, 7) is 11.5. The van der Waals surface area contributed by atoms with Crippen molar-refractivity contribution in [2.45, 2.75) is 20.3 Å². The van der Waals surface area contributed by atoms with Crippen LogP contribution in [0.4, 0.5) is 0 Å². The van der Waals surface area contributed by atoms with E-state index < -0.39 is 0 Å². The third-order valence-electron chi connectivity index (χ3n) is 2.06. The minimum atomic E-state index is 0.604. The first-order valence-electron chi connectivity index (χ1n) is 5.49. The fourth-order valence-corrected chi connectivity index (χ4v) is 1.14. The van der Waals surface area contributed by atoms with Gasteiger partial charge in [-0.2, -0.15) is 0 Å². The summed E-state index contributed by atoms with van der Waals surface area (Å²) in [5.74, 6) is 0.604. The van der Waals surface area contributed by atoms with Crippen molar-refractivity contribution in [2.75, 3.05) is 32.8 Å². The lowest BCUT2D eigenvalue weighted by Crippen LogP contribution is -2.37. The molecule has 4 heteroatoms. The molecule has 0 fully saturated rings. The van der Waals surface area contributed by atoms with E-state index in [2.05, 4.69) is 25.4 Å². The van der Waals surface area contributed by atoms with Crippen molar-refractivity contribution >= 4 is 5.96 Å². The normalized spacial score (nSPS) is 11.5. The van der Waals surface area contributed by atoms with Crippen LogP contribution in [0.25, 0.3) is 0 Å². The van der Waals surface area contributed by atoms with E-state index in [0.717, 1.165) is 19.5 Å². The molecule has 0 aliphatic heterocycles. The highest BCUT2D eigenvalue weighted by atomic mass is 16.5. The number of aliphatic imine (C=N–C) groups is 1. The predicted octanol–water partition coefficient (Wildman–Crippen LogP) is 1.24. The molecule has 0 aromatic carbocycles. The van der Waals surface area contributed by atoms with Crippen LogP contribution in [-0.4, -0.2) is 43.7 Å². The molecule has 88 valence electrons. The van der Waals surface area contributed by atoms with Gasteiger partial charge in [0.2, 0.25) is 0 Å². The monoisotopic (exact) mass is 213 g/mol. The molecule has 0 atom stereocenters. The van der Waals surface area contributed by atoms with Gasteiger partial charge in [0.25, 0.3) is 0 Å². The molecule has 0 aliphatic rings. The fraction of sp³-hybridized carbons (Fsp3) is 0.727. The minimum absolute atomic E-state index is 0.604. The molecule has 0 bridgehead atoms. The number of hydrogen-bond donors (Lipinski definition) is 1. The maximum atomic E-state index is 5.78. The van der Waals surface area contributed by atoms with E-state index in [9.17, 15) is 0 Å². The van der Waals surface area contributed by atoms with Crippen molar-refractivity contribution in [1.29, 1.82) is 0 Å². The zero-order valence-electron chi connectivity index (χ0n) is 9.91. The summed E-state index contributed by atoms with van der Waals surface area (Å²) < 4.78 is 5.32. The first-order valence-corrected chi connectivity index (χ1v) is 5.49. The lowest BCUT2D eigenvalue weighted by atomic mass is 10.4. The second-order valence-electron chi connectivity index (χ2n) is 3.10. The maximum Gasteiger partial charge on any atom is 0.191 e. The van der Waals surface area contributed by atoms with Crippen molar-refractivity contribution in [2.24, 2.45) is 10.7 Å². The zero-order chi connectivity index (χ0) is 11.5. The molecule has 0 saturated carbocycles. The van der Waals surface area contributed by atoms with Crippen LogP contribution < -0.4 is 5.73 Å². The van der Waals surface area contributed by atoms with Gasteiger partial charge in [-0.05, 0) is 20.3 Å². The molecule has 0 radical (unpaired) electrons. The first-order chi connectivity index (χ1) is 7.26. The Balaban J connectivity index is 3.61. The molecule has 0 spiro atoms. The summed E-state index contributed by atoms with van der Waals surface area (Å²) in [7, 11) is 0. The Morgan fingerprint density at radius 1 is 1.40 bits per heavy atom. The van der Waals surface area contributed by atoms with Crippen LogP contribution in [0, 0.1) is 0 Å². The molecule has 0 saturated heterocycles. The topological polar surface area (TPSA) is 50.9 Å². The number of nitrogens with two attached hydrogens (primary N) is 1. The summed E-state index contributed by atoms with van der Waals surface area (Å²) >= 11 is 0. The van der Waals surface area contributed by atoms with Gasteiger partial charge in [0, 0.05) is 13.1 Å². The Morgan fingerprint density at radius 3 is 2.60 bits per heavy atom. The van der Waals surface area contributed by atoms with E-state index >= 15 is 0 Å². The first kappa shape index (κ1) is 14.0. The molecule has 0 aromatic rings. The second kappa shape index (κ2) is 9.52. The Labute approximate surface area is 92.8 Å². The van der Waals surface area contributed by atoms with Gasteiger partial charge in [-0.25, -0.2) is 0 Å². The van der Waals surface area contributed by atoms with E-state index in [4.69, 9.17) is 10.5 Å².